The third-order valence-electron chi connectivity index (χ3n) is 5.48. The Balaban J connectivity index is 2.00. The predicted octanol–water partition coefficient (Wildman–Crippen LogP) is 4.76. The van der Waals surface area contributed by atoms with Crippen LogP contribution in [0.3, 0.4) is 0 Å². The molecule has 2 aromatic rings. The minimum absolute atomic E-state index is 0.00567. The number of hydrogen-bond acceptors (Lipinski definition) is 7. The average molecular weight is 490 g/mol. The Bertz CT molecular complexity index is 1230. The molecule has 0 spiro atoms. The number of para-hydroxylation sites is 1. The van der Waals surface area contributed by atoms with E-state index in [0.29, 0.717) is 17.0 Å². The smallest absolute Gasteiger partial charge is 0.416 e. The van der Waals surface area contributed by atoms with Gasteiger partial charge in [-0.3, -0.25) is 10.1 Å². The van der Waals surface area contributed by atoms with Crippen molar-refractivity contribution in [1.82, 2.24) is 5.32 Å². The number of nitrogens with zero attached hydrogens (tertiary/aromatic N) is 1. The summed E-state index contributed by atoms with van der Waals surface area (Å²) in [6, 6.07) is 9.77. The Morgan fingerprint density at radius 1 is 1.00 bits per heavy atom. The number of esters is 2. The lowest BCUT2D eigenvalue weighted by Gasteiger charge is -2.30. The van der Waals surface area contributed by atoms with Crippen molar-refractivity contribution in [2.45, 2.75) is 32.5 Å². The second-order valence-electron chi connectivity index (χ2n) is 7.71. The van der Waals surface area contributed by atoms with Gasteiger partial charge in [-0.15, -0.1) is 0 Å². The maximum absolute atomic E-state index is 13.2. The van der Waals surface area contributed by atoms with Gasteiger partial charge in [-0.05, 0) is 31.5 Å². The molecule has 3 rings (SSSR count). The van der Waals surface area contributed by atoms with Crippen LogP contribution in [0.15, 0.2) is 71.1 Å². The molecule has 0 bridgehead atoms. The molecule has 0 saturated carbocycles. The van der Waals surface area contributed by atoms with Crippen molar-refractivity contribution in [1.29, 1.82) is 0 Å². The van der Waals surface area contributed by atoms with E-state index in [0.717, 1.165) is 19.2 Å². The first-order valence-corrected chi connectivity index (χ1v) is 10.3. The second-order valence-corrected chi connectivity index (χ2v) is 7.71. The quantitative estimate of drug-likeness (QED) is 0.353. The lowest BCUT2D eigenvalue weighted by molar-refractivity contribution is -0.385. The Morgan fingerprint density at radius 3 is 2.11 bits per heavy atom. The number of alkyl halides is 3. The van der Waals surface area contributed by atoms with Crippen molar-refractivity contribution >= 4 is 17.6 Å². The molecule has 0 aliphatic carbocycles. The van der Waals surface area contributed by atoms with E-state index in [-0.39, 0.29) is 29.0 Å². The number of hydrogen-bond donors (Lipinski definition) is 1. The third kappa shape index (κ3) is 5.34. The highest BCUT2D eigenvalue weighted by atomic mass is 19.4. The van der Waals surface area contributed by atoms with E-state index in [4.69, 9.17) is 9.47 Å². The van der Waals surface area contributed by atoms with Gasteiger partial charge in [0.15, 0.2) is 0 Å². The van der Waals surface area contributed by atoms with Gasteiger partial charge in [-0.2, -0.15) is 13.2 Å². The number of rotatable bonds is 6. The van der Waals surface area contributed by atoms with E-state index in [9.17, 15) is 32.9 Å². The molecule has 0 amide bonds. The maximum atomic E-state index is 13.2. The number of carbonyl (C=O) groups is 2. The van der Waals surface area contributed by atoms with Crippen LogP contribution in [-0.4, -0.2) is 24.0 Å². The van der Waals surface area contributed by atoms with Gasteiger partial charge in [0, 0.05) is 23.0 Å². The van der Waals surface area contributed by atoms with E-state index in [1.807, 2.05) is 0 Å². The fourth-order valence-corrected chi connectivity index (χ4v) is 3.87. The fourth-order valence-electron chi connectivity index (χ4n) is 3.87. The molecule has 0 aromatic heterocycles. The molecule has 1 aliphatic rings. The first-order valence-electron chi connectivity index (χ1n) is 10.3. The first-order chi connectivity index (χ1) is 16.5. The number of carbonyl (C=O) groups excluding carboxylic acids is 2. The van der Waals surface area contributed by atoms with Crippen molar-refractivity contribution in [3.8, 4) is 0 Å². The Labute approximate surface area is 198 Å². The summed E-state index contributed by atoms with van der Waals surface area (Å²) in [5.41, 5.74) is -0.189. The minimum Gasteiger partial charge on any atom is -0.466 e. The van der Waals surface area contributed by atoms with E-state index in [1.165, 1.54) is 36.4 Å². The molecule has 0 radical (unpaired) electrons. The Kier molecular flexibility index (Phi) is 7.28. The number of benzene rings is 2. The van der Waals surface area contributed by atoms with Crippen molar-refractivity contribution in [2.24, 2.45) is 0 Å². The summed E-state index contributed by atoms with van der Waals surface area (Å²) in [6.45, 7) is 2.77. The van der Waals surface area contributed by atoms with E-state index in [1.54, 1.807) is 13.8 Å². The van der Waals surface area contributed by atoms with Crippen molar-refractivity contribution < 1.29 is 37.2 Å². The summed E-state index contributed by atoms with van der Waals surface area (Å²) in [4.78, 5) is 36.9. The molecule has 11 heteroatoms. The van der Waals surface area contributed by atoms with E-state index >= 15 is 0 Å². The van der Waals surface area contributed by atoms with Crippen molar-refractivity contribution in [3.05, 3.63) is 97.9 Å². The fraction of sp³-hybridized carbons (Fsp3) is 0.250. The van der Waals surface area contributed by atoms with Gasteiger partial charge in [0.05, 0.1) is 34.7 Å². The zero-order chi connectivity index (χ0) is 25.9. The molecule has 1 aliphatic heterocycles. The van der Waals surface area contributed by atoms with Crippen LogP contribution in [0.1, 0.15) is 36.5 Å². The lowest BCUT2D eigenvalue weighted by atomic mass is 9.79. The van der Waals surface area contributed by atoms with Gasteiger partial charge < -0.3 is 14.8 Å². The zero-order valence-electron chi connectivity index (χ0n) is 18.9. The molecule has 1 unspecified atom stereocenters. The molecular formula is C24H21F3N2O6. The van der Waals surface area contributed by atoms with Crippen LogP contribution < -0.4 is 5.32 Å². The molecule has 0 saturated heterocycles. The highest BCUT2D eigenvalue weighted by Crippen LogP contribution is 2.42. The molecule has 1 atom stereocenters. The van der Waals surface area contributed by atoms with E-state index in [2.05, 4.69) is 5.32 Å². The molecule has 2 aromatic carbocycles. The van der Waals surface area contributed by atoms with Gasteiger partial charge in [0.2, 0.25) is 0 Å². The van der Waals surface area contributed by atoms with Crippen LogP contribution in [0.25, 0.3) is 0 Å². The summed E-state index contributed by atoms with van der Waals surface area (Å²) in [7, 11) is 1.15. The predicted molar refractivity (Wildman–Crippen MR) is 118 cm³/mol. The molecule has 8 nitrogen and oxygen atoms in total. The van der Waals surface area contributed by atoms with E-state index < -0.39 is 34.5 Å². The number of methoxy groups -OCH3 is 1. The van der Waals surface area contributed by atoms with Crippen LogP contribution in [0.5, 0.6) is 0 Å². The van der Waals surface area contributed by atoms with Crippen LogP contribution in [-0.2, 0) is 31.8 Å². The van der Waals surface area contributed by atoms with Crippen LogP contribution in [0.4, 0.5) is 18.9 Å². The monoisotopic (exact) mass is 490 g/mol. The summed E-state index contributed by atoms with van der Waals surface area (Å²) >= 11 is 0. The van der Waals surface area contributed by atoms with Crippen LogP contribution in [0, 0.1) is 10.1 Å². The summed E-state index contributed by atoms with van der Waals surface area (Å²) in [5, 5.41) is 14.6. The largest absolute Gasteiger partial charge is 0.466 e. The van der Waals surface area contributed by atoms with Crippen molar-refractivity contribution in [3.63, 3.8) is 0 Å². The number of nitro groups is 1. The normalized spacial score (nSPS) is 16.0. The topological polar surface area (TPSA) is 108 Å². The number of ether oxygens (including phenoxy) is 2. The van der Waals surface area contributed by atoms with Crippen LogP contribution in [0.2, 0.25) is 0 Å². The number of dihydropyridines is 1. The molecular weight excluding hydrogens is 469 g/mol. The third-order valence-corrected chi connectivity index (χ3v) is 5.48. The Morgan fingerprint density at radius 2 is 1.57 bits per heavy atom. The standard InChI is InChI=1S/C24H21F3N2O6/c1-13-19(22(30)34-3)21(17-6-4-5-7-18(17)29(32)33)20(14(2)28-13)23(31)35-12-15-8-10-16(11-9-15)24(25,26)27/h4-11,21,28H,12H2,1-3H3. The average Bonchev–Trinajstić information content (AvgIpc) is 2.81. The van der Waals surface area contributed by atoms with Gasteiger partial charge in [0.1, 0.15) is 6.61 Å². The molecule has 0 fully saturated rings. The molecule has 35 heavy (non-hydrogen) atoms. The minimum atomic E-state index is -4.50. The number of allylic oxidation sites excluding steroid dienone is 2. The summed E-state index contributed by atoms with van der Waals surface area (Å²) in [5.74, 6) is -2.86. The van der Waals surface area contributed by atoms with Gasteiger partial charge >= 0.3 is 18.1 Å². The zero-order valence-corrected chi connectivity index (χ0v) is 18.9. The second kappa shape index (κ2) is 10.00. The van der Waals surface area contributed by atoms with Crippen LogP contribution >= 0.6 is 0 Å². The number of nitro benzene ring substituents is 1. The number of halogens is 3. The lowest BCUT2D eigenvalue weighted by Crippen LogP contribution is -2.32. The maximum Gasteiger partial charge on any atom is 0.416 e. The van der Waals surface area contributed by atoms with Gasteiger partial charge in [0.25, 0.3) is 5.69 Å². The van der Waals surface area contributed by atoms with Crippen molar-refractivity contribution in [2.75, 3.05) is 7.11 Å². The Hall–Kier alpha value is -4.15. The highest BCUT2D eigenvalue weighted by Gasteiger charge is 2.40. The molecule has 1 heterocycles. The first kappa shape index (κ1) is 25.5. The molecule has 1 N–H and O–H groups in total. The molecule has 184 valence electrons. The highest BCUT2D eigenvalue weighted by molar-refractivity contribution is 6.00. The summed E-state index contributed by atoms with van der Waals surface area (Å²) in [6.07, 6.45) is -4.50. The number of nitrogens with one attached hydrogen (secondary N) is 1. The SMILES string of the molecule is COC(=O)C1=C(C)NC(C)=C(C(=O)OCc2ccc(C(F)(F)F)cc2)C1c1ccccc1[N+](=O)[O-]. The summed E-state index contributed by atoms with van der Waals surface area (Å²) < 4.78 is 48.6. The van der Waals surface area contributed by atoms with Gasteiger partial charge in [-0.25, -0.2) is 9.59 Å². The van der Waals surface area contributed by atoms with Gasteiger partial charge in [-0.1, -0.05) is 30.3 Å².